The monoisotopic (exact) mass is 347 g/mol. The molecule has 0 N–H and O–H groups in total. The molecule has 1 fully saturated rings. The molecule has 2 aromatic rings. The zero-order valence-corrected chi connectivity index (χ0v) is 15.2. The first-order valence-corrected chi connectivity index (χ1v) is 8.48. The number of ether oxygens (including phenoxy) is 2. The molecular weight excluding hydrogens is 322 g/mol. The maximum Gasteiger partial charge on any atom is 0.410 e. The first kappa shape index (κ1) is 17.5. The second-order valence-electron chi connectivity index (χ2n) is 7.23. The number of amides is 1. The largest absolute Gasteiger partial charge is 0.497 e. The van der Waals surface area contributed by atoms with Gasteiger partial charge in [0.15, 0.2) is 5.58 Å². The summed E-state index contributed by atoms with van der Waals surface area (Å²) in [5.74, 6) is 0.784. The fourth-order valence-electron chi connectivity index (χ4n) is 2.84. The molecule has 0 bridgehead atoms. The molecule has 1 aromatic carbocycles. The Labute approximate surface area is 147 Å². The van der Waals surface area contributed by atoms with E-state index in [-0.39, 0.29) is 6.09 Å². The molecule has 1 aliphatic rings. The van der Waals surface area contributed by atoms with Crippen LogP contribution in [0.5, 0.6) is 5.75 Å². The second kappa shape index (κ2) is 6.92. The Hall–Kier alpha value is -2.28. The van der Waals surface area contributed by atoms with Crippen LogP contribution in [0.2, 0.25) is 0 Å². The number of fused-ring (bicyclic) bond motifs is 1. The van der Waals surface area contributed by atoms with Crippen molar-refractivity contribution in [3.63, 3.8) is 0 Å². The Morgan fingerprint density at radius 2 is 1.96 bits per heavy atom. The lowest BCUT2D eigenvalue weighted by Gasteiger charge is -2.35. The smallest absolute Gasteiger partial charge is 0.410 e. The number of rotatable bonds is 3. The first-order chi connectivity index (χ1) is 11.9. The van der Waals surface area contributed by atoms with Crippen molar-refractivity contribution >= 4 is 17.1 Å². The molecule has 0 unspecified atom stereocenters. The van der Waals surface area contributed by atoms with Gasteiger partial charge in [0.05, 0.1) is 7.11 Å². The third-order valence-electron chi connectivity index (χ3n) is 4.15. The number of piperazine rings is 1. The van der Waals surface area contributed by atoms with E-state index >= 15 is 0 Å². The van der Waals surface area contributed by atoms with Crippen molar-refractivity contribution < 1.29 is 18.8 Å². The summed E-state index contributed by atoms with van der Waals surface area (Å²) >= 11 is 0. The van der Waals surface area contributed by atoms with Crippen molar-refractivity contribution in [1.82, 2.24) is 15.0 Å². The van der Waals surface area contributed by atoms with Crippen LogP contribution in [0.15, 0.2) is 22.7 Å². The maximum absolute atomic E-state index is 12.1. The highest BCUT2D eigenvalue weighted by Gasteiger charge is 2.26. The Balaban J connectivity index is 1.60. The topological polar surface area (TPSA) is 68.0 Å². The average Bonchev–Trinajstić information content (AvgIpc) is 2.96. The molecule has 25 heavy (non-hydrogen) atoms. The van der Waals surface area contributed by atoms with Crippen LogP contribution in [0.25, 0.3) is 11.0 Å². The molecule has 0 radical (unpaired) electrons. The number of nitrogens with zero attached hydrogens (tertiary/aromatic N) is 3. The van der Waals surface area contributed by atoms with Crippen molar-refractivity contribution in [3.8, 4) is 5.75 Å². The van der Waals surface area contributed by atoms with Crippen molar-refractivity contribution in [3.05, 3.63) is 23.9 Å². The lowest BCUT2D eigenvalue weighted by Crippen LogP contribution is -2.49. The molecule has 0 aliphatic carbocycles. The fraction of sp³-hybridized carbons (Fsp3) is 0.556. The number of hydrogen-bond donors (Lipinski definition) is 0. The maximum atomic E-state index is 12.1. The minimum Gasteiger partial charge on any atom is -0.497 e. The molecule has 1 saturated heterocycles. The summed E-state index contributed by atoms with van der Waals surface area (Å²) in [7, 11) is 1.64. The summed E-state index contributed by atoms with van der Waals surface area (Å²) < 4.78 is 16.1. The molecule has 7 nitrogen and oxygen atoms in total. The Morgan fingerprint density at radius 1 is 1.24 bits per heavy atom. The van der Waals surface area contributed by atoms with E-state index in [1.165, 1.54) is 0 Å². The van der Waals surface area contributed by atoms with E-state index in [1.54, 1.807) is 12.0 Å². The van der Waals surface area contributed by atoms with Gasteiger partial charge in [-0.2, -0.15) is 0 Å². The van der Waals surface area contributed by atoms with Gasteiger partial charge >= 0.3 is 6.09 Å². The molecule has 7 heteroatoms. The second-order valence-corrected chi connectivity index (χ2v) is 7.23. The Bertz CT molecular complexity index is 742. The summed E-state index contributed by atoms with van der Waals surface area (Å²) in [5, 5.41) is 5.16. The predicted molar refractivity (Wildman–Crippen MR) is 93.6 cm³/mol. The van der Waals surface area contributed by atoms with E-state index in [2.05, 4.69) is 10.1 Å². The summed E-state index contributed by atoms with van der Waals surface area (Å²) in [4.78, 5) is 16.1. The highest BCUT2D eigenvalue weighted by molar-refractivity contribution is 5.81. The zero-order valence-electron chi connectivity index (χ0n) is 15.2. The molecular formula is C18H25N3O4. The van der Waals surface area contributed by atoms with E-state index in [4.69, 9.17) is 14.0 Å². The van der Waals surface area contributed by atoms with E-state index in [1.807, 2.05) is 39.0 Å². The van der Waals surface area contributed by atoms with Crippen LogP contribution in [-0.2, 0) is 11.3 Å². The lowest BCUT2D eigenvalue weighted by atomic mass is 10.2. The number of aromatic nitrogens is 1. The van der Waals surface area contributed by atoms with Crippen LogP contribution in [0, 0.1) is 0 Å². The normalized spacial score (nSPS) is 16.2. The number of benzene rings is 1. The molecule has 1 aliphatic heterocycles. The third-order valence-corrected chi connectivity index (χ3v) is 4.15. The van der Waals surface area contributed by atoms with Crippen LogP contribution >= 0.6 is 0 Å². The van der Waals surface area contributed by atoms with E-state index in [0.29, 0.717) is 19.6 Å². The van der Waals surface area contributed by atoms with E-state index < -0.39 is 5.60 Å². The first-order valence-electron chi connectivity index (χ1n) is 8.48. The third kappa shape index (κ3) is 4.22. The van der Waals surface area contributed by atoms with Gasteiger partial charge in [0.2, 0.25) is 0 Å². The molecule has 0 saturated carbocycles. The predicted octanol–water partition coefficient (Wildman–Crippen LogP) is 2.89. The van der Waals surface area contributed by atoms with Crippen LogP contribution in [-0.4, -0.2) is 59.9 Å². The minimum atomic E-state index is -0.465. The van der Waals surface area contributed by atoms with Gasteiger partial charge in [-0.15, -0.1) is 0 Å². The van der Waals surface area contributed by atoms with E-state index in [0.717, 1.165) is 35.5 Å². The Morgan fingerprint density at radius 3 is 2.60 bits per heavy atom. The van der Waals surface area contributed by atoms with E-state index in [9.17, 15) is 4.79 Å². The van der Waals surface area contributed by atoms with Gasteiger partial charge in [-0.05, 0) is 39.0 Å². The molecule has 3 rings (SSSR count). The number of carbonyl (C=O) groups excluding carboxylic acids is 1. The van der Waals surface area contributed by atoms with Gasteiger partial charge in [-0.25, -0.2) is 4.79 Å². The number of methoxy groups -OCH3 is 1. The molecule has 1 aromatic heterocycles. The zero-order chi connectivity index (χ0) is 18.0. The molecule has 136 valence electrons. The minimum absolute atomic E-state index is 0.247. The summed E-state index contributed by atoms with van der Waals surface area (Å²) in [5.41, 5.74) is 1.18. The fourth-order valence-corrected chi connectivity index (χ4v) is 2.84. The van der Waals surface area contributed by atoms with Crippen LogP contribution in [0.4, 0.5) is 4.79 Å². The quantitative estimate of drug-likeness (QED) is 0.850. The van der Waals surface area contributed by atoms with Crippen molar-refractivity contribution in [2.24, 2.45) is 0 Å². The highest BCUT2D eigenvalue weighted by Crippen LogP contribution is 2.25. The van der Waals surface area contributed by atoms with Gasteiger partial charge in [-0.1, -0.05) is 5.16 Å². The van der Waals surface area contributed by atoms with Gasteiger partial charge in [0, 0.05) is 38.1 Å². The SMILES string of the molecule is COc1ccc2onc(CN3CCN(C(=O)OC(C)(C)C)CC3)c2c1. The van der Waals surface area contributed by atoms with Crippen LogP contribution in [0.3, 0.4) is 0 Å². The van der Waals surface area contributed by atoms with Crippen molar-refractivity contribution in [2.45, 2.75) is 32.9 Å². The summed E-state index contributed by atoms with van der Waals surface area (Å²) in [6, 6.07) is 5.67. The number of hydrogen-bond acceptors (Lipinski definition) is 6. The van der Waals surface area contributed by atoms with Crippen LogP contribution in [0.1, 0.15) is 26.5 Å². The van der Waals surface area contributed by atoms with Crippen molar-refractivity contribution in [2.75, 3.05) is 33.3 Å². The van der Waals surface area contributed by atoms with Crippen LogP contribution < -0.4 is 4.74 Å². The van der Waals surface area contributed by atoms with Crippen molar-refractivity contribution in [1.29, 1.82) is 0 Å². The molecule has 0 spiro atoms. The molecule has 1 amide bonds. The molecule has 2 heterocycles. The summed E-state index contributed by atoms with van der Waals surface area (Å²) in [6.07, 6.45) is -0.247. The summed E-state index contributed by atoms with van der Waals surface area (Å²) in [6.45, 7) is 9.17. The van der Waals surface area contributed by atoms with Gasteiger partial charge in [-0.3, -0.25) is 4.90 Å². The van der Waals surface area contributed by atoms with Gasteiger partial charge < -0.3 is 18.9 Å². The number of carbonyl (C=O) groups is 1. The standard InChI is InChI=1S/C18H25N3O4/c1-18(2,3)24-17(22)21-9-7-20(8-10-21)12-15-14-11-13(23-4)5-6-16(14)25-19-15/h5-6,11H,7-10,12H2,1-4H3. The lowest BCUT2D eigenvalue weighted by molar-refractivity contribution is 0.0137. The highest BCUT2D eigenvalue weighted by atomic mass is 16.6. The van der Waals surface area contributed by atoms with Gasteiger partial charge in [0.1, 0.15) is 17.0 Å². The average molecular weight is 347 g/mol. The van der Waals surface area contributed by atoms with Gasteiger partial charge in [0.25, 0.3) is 0 Å². The Kier molecular flexibility index (Phi) is 4.85. The molecule has 0 atom stereocenters.